The number of nitriles is 1. The molecule has 0 unspecified atom stereocenters. The first-order chi connectivity index (χ1) is 8.61. The monoisotopic (exact) mass is 340 g/mol. The summed E-state index contributed by atoms with van der Waals surface area (Å²) in [6.45, 7) is 0. The molecule has 0 aliphatic rings. The summed E-state index contributed by atoms with van der Waals surface area (Å²) in [5, 5.41) is 13.9. The van der Waals surface area contributed by atoms with Gasteiger partial charge in [0.2, 0.25) is 0 Å². The molecule has 0 radical (unpaired) electrons. The Bertz CT molecular complexity index is 648. The third-order valence-electron chi connectivity index (χ3n) is 2.17. The van der Waals surface area contributed by atoms with Crippen molar-refractivity contribution in [3.05, 3.63) is 49.6 Å². The Morgan fingerprint density at radius 1 is 1.44 bits per heavy atom. The van der Waals surface area contributed by atoms with Gasteiger partial charge < -0.3 is 5.32 Å². The van der Waals surface area contributed by atoms with Crippen molar-refractivity contribution < 1.29 is 4.79 Å². The highest BCUT2D eigenvalue weighted by Crippen LogP contribution is 2.25. The van der Waals surface area contributed by atoms with Crippen LogP contribution in [-0.2, 0) is 0 Å². The van der Waals surface area contributed by atoms with E-state index in [1.807, 2.05) is 11.4 Å². The molecule has 6 heteroatoms. The van der Waals surface area contributed by atoms with Crippen LogP contribution in [0, 0.1) is 11.3 Å². The van der Waals surface area contributed by atoms with Crippen molar-refractivity contribution in [1.29, 1.82) is 5.26 Å². The SMILES string of the molecule is N#Cc1ccc(Cl)cc1NC(=O)c1sccc1Br. The van der Waals surface area contributed by atoms with E-state index in [9.17, 15) is 4.79 Å². The number of nitrogens with one attached hydrogen (secondary N) is 1. The first-order valence-corrected chi connectivity index (χ1v) is 6.91. The maximum Gasteiger partial charge on any atom is 0.266 e. The molecule has 3 nitrogen and oxygen atoms in total. The number of carbonyl (C=O) groups is 1. The molecule has 1 aromatic carbocycles. The summed E-state index contributed by atoms with van der Waals surface area (Å²) >= 11 is 10.5. The number of nitrogens with zero attached hydrogens (tertiary/aromatic N) is 1. The summed E-state index contributed by atoms with van der Waals surface area (Å²) in [6.07, 6.45) is 0. The van der Waals surface area contributed by atoms with Gasteiger partial charge in [-0.25, -0.2) is 0 Å². The lowest BCUT2D eigenvalue weighted by Gasteiger charge is -2.06. The van der Waals surface area contributed by atoms with Crippen molar-refractivity contribution in [1.82, 2.24) is 0 Å². The van der Waals surface area contributed by atoms with Crippen molar-refractivity contribution in [3.8, 4) is 6.07 Å². The van der Waals surface area contributed by atoms with Crippen LogP contribution in [0.3, 0.4) is 0 Å². The van der Waals surface area contributed by atoms with Gasteiger partial charge in [-0.05, 0) is 45.6 Å². The second kappa shape index (κ2) is 5.53. The van der Waals surface area contributed by atoms with E-state index in [0.717, 1.165) is 4.47 Å². The molecule has 1 aromatic heterocycles. The van der Waals surface area contributed by atoms with Crippen LogP contribution in [0.15, 0.2) is 34.1 Å². The Labute approximate surface area is 121 Å². The van der Waals surface area contributed by atoms with Crippen LogP contribution < -0.4 is 5.32 Å². The largest absolute Gasteiger partial charge is 0.320 e. The van der Waals surface area contributed by atoms with E-state index in [1.54, 1.807) is 24.3 Å². The van der Waals surface area contributed by atoms with Crippen molar-refractivity contribution >= 4 is 50.5 Å². The number of carbonyl (C=O) groups excluding carboxylic acids is 1. The van der Waals surface area contributed by atoms with Gasteiger partial charge in [0.05, 0.1) is 11.3 Å². The van der Waals surface area contributed by atoms with Gasteiger partial charge >= 0.3 is 0 Å². The number of thiophene rings is 1. The molecule has 0 aliphatic heterocycles. The third kappa shape index (κ3) is 2.72. The van der Waals surface area contributed by atoms with Gasteiger partial charge in [-0.3, -0.25) is 4.79 Å². The minimum Gasteiger partial charge on any atom is -0.320 e. The normalized spacial score (nSPS) is 9.83. The summed E-state index contributed by atoms with van der Waals surface area (Å²) in [5.74, 6) is -0.268. The van der Waals surface area contributed by atoms with Crippen molar-refractivity contribution in [2.75, 3.05) is 5.32 Å². The van der Waals surface area contributed by atoms with Crippen LogP contribution >= 0.6 is 38.9 Å². The molecule has 1 N–H and O–H groups in total. The highest BCUT2D eigenvalue weighted by atomic mass is 79.9. The molecule has 2 aromatic rings. The predicted octanol–water partition coefficient (Wildman–Crippen LogP) is 4.29. The van der Waals surface area contributed by atoms with Crippen LogP contribution in [0.1, 0.15) is 15.2 Å². The number of hydrogen-bond donors (Lipinski definition) is 1. The number of rotatable bonds is 2. The average molecular weight is 342 g/mol. The van der Waals surface area contributed by atoms with Gasteiger partial charge in [-0.2, -0.15) is 5.26 Å². The quantitative estimate of drug-likeness (QED) is 0.886. The summed E-state index contributed by atoms with van der Waals surface area (Å²) in [4.78, 5) is 12.5. The highest BCUT2D eigenvalue weighted by molar-refractivity contribution is 9.10. The number of benzene rings is 1. The number of anilines is 1. The fraction of sp³-hybridized carbons (Fsp3) is 0. The summed E-state index contributed by atoms with van der Waals surface area (Å²) < 4.78 is 0.727. The van der Waals surface area contributed by atoms with Crippen molar-refractivity contribution in [2.45, 2.75) is 0 Å². The second-order valence-corrected chi connectivity index (χ2v) is 5.56. The Balaban J connectivity index is 2.30. The molecule has 2 rings (SSSR count). The molecule has 90 valence electrons. The average Bonchev–Trinajstić information content (AvgIpc) is 2.76. The molecule has 0 aliphatic carbocycles. The fourth-order valence-corrected chi connectivity index (χ4v) is 2.97. The molecule has 0 bridgehead atoms. The van der Waals surface area contributed by atoms with Crippen molar-refractivity contribution in [3.63, 3.8) is 0 Å². The second-order valence-electron chi connectivity index (χ2n) is 3.35. The molecule has 0 spiro atoms. The van der Waals surface area contributed by atoms with Gasteiger partial charge in [0.1, 0.15) is 10.9 Å². The van der Waals surface area contributed by atoms with E-state index in [4.69, 9.17) is 16.9 Å². The highest BCUT2D eigenvalue weighted by Gasteiger charge is 2.13. The fourth-order valence-electron chi connectivity index (χ4n) is 1.35. The van der Waals surface area contributed by atoms with Gasteiger partial charge in [0.15, 0.2) is 0 Å². The van der Waals surface area contributed by atoms with E-state index in [0.29, 0.717) is 21.2 Å². The summed E-state index contributed by atoms with van der Waals surface area (Å²) in [5.41, 5.74) is 0.788. The zero-order valence-corrected chi connectivity index (χ0v) is 12.1. The predicted molar refractivity (Wildman–Crippen MR) is 76.1 cm³/mol. The number of halogens is 2. The lowest BCUT2D eigenvalue weighted by Crippen LogP contribution is -2.11. The van der Waals surface area contributed by atoms with Gasteiger partial charge in [0.25, 0.3) is 5.91 Å². The van der Waals surface area contributed by atoms with Crippen LogP contribution in [-0.4, -0.2) is 5.91 Å². The number of hydrogen-bond acceptors (Lipinski definition) is 3. The Morgan fingerprint density at radius 2 is 2.22 bits per heavy atom. The summed E-state index contributed by atoms with van der Waals surface area (Å²) in [6, 6.07) is 8.53. The maximum absolute atomic E-state index is 12.0. The van der Waals surface area contributed by atoms with E-state index in [1.165, 1.54) is 11.3 Å². The topological polar surface area (TPSA) is 52.9 Å². The Kier molecular flexibility index (Phi) is 4.02. The van der Waals surface area contributed by atoms with E-state index < -0.39 is 0 Å². The smallest absolute Gasteiger partial charge is 0.266 e. The van der Waals surface area contributed by atoms with Gasteiger partial charge in [-0.15, -0.1) is 11.3 Å². The van der Waals surface area contributed by atoms with E-state index >= 15 is 0 Å². The molecule has 0 saturated heterocycles. The minimum absolute atomic E-state index is 0.268. The molecule has 1 amide bonds. The lowest BCUT2D eigenvalue weighted by atomic mass is 10.2. The Hall–Kier alpha value is -1.35. The molecule has 18 heavy (non-hydrogen) atoms. The number of amides is 1. The first-order valence-electron chi connectivity index (χ1n) is 4.86. The Morgan fingerprint density at radius 3 is 2.83 bits per heavy atom. The molecule has 0 fully saturated rings. The maximum atomic E-state index is 12.0. The third-order valence-corrected chi connectivity index (χ3v) is 4.25. The minimum atomic E-state index is -0.268. The first kappa shape index (κ1) is 13.1. The van der Waals surface area contributed by atoms with Crippen LogP contribution in [0.4, 0.5) is 5.69 Å². The standard InChI is InChI=1S/C12H6BrClN2OS/c13-9-3-4-18-11(9)12(17)16-10-5-8(14)2-1-7(10)6-15/h1-5H,(H,16,17). The van der Waals surface area contributed by atoms with Gasteiger partial charge in [-0.1, -0.05) is 11.6 Å². The molecular weight excluding hydrogens is 336 g/mol. The molecule has 0 saturated carbocycles. The van der Waals surface area contributed by atoms with E-state index in [-0.39, 0.29) is 5.91 Å². The van der Waals surface area contributed by atoms with E-state index in [2.05, 4.69) is 21.2 Å². The summed E-state index contributed by atoms with van der Waals surface area (Å²) in [7, 11) is 0. The molecule has 0 atom stereocenters. The zero-order chi connectivity index (χ0) is 13.1. The zero-order valence-electron chi connectivity index (χ0n) is 8.91. The van der Waals surface area contributed by atoms with Crippen molar-refractivity contribution in [2.24, 2.45) is 0 Å². The van der Waals surface area contributed by atoms with Gasteiger partial charge in [0, 0.05) is 9.50 Å². The van der Waals surface area contributed by atoms with Crippen LogP contribution in [0.5, 0.6) is 0 Å². The van der Waals surface area contributed by atoms with Crippen LogP contribution in [0.25, 0.3) is 0 Å². The lowest BCUT2D eigenvalue weighted by molar-refractivity contribution is 0.103. The van der Waals surface area contributed by atoms with Crippen LogP contribution in [0.2, 0.25) is 5.02 Å². The molecular formula is C12H6BrClN2OS. The molecule has 1 heterocycles.